The van der Waals surface area contributed by atoms with Crippen LogP contribution in [0.3, 0.4) is 0 Å². The quantitative estimate of drug-likeness (QED) is 0.668. The number of piperidine rings is 1. The van der Waals surface area contributed by atoms with Gasteiger partial charge in [-0.1, -0.05) is 6.07 Å². The van der Waals surface area contributed by atoms with Crippen LogP contribution in [0.5, 0.6) is 11.5 Å². The summed E-state index contributed by atoms with van der Waals surface area (Å²) in [6.45, 7) is 3.84. The molecule has 154 valence electrons. The highest BCUT2D eigenvalue weighted by Crippen LogP contribution is 2.36. The molecule has 0 saturated carbocycles. The number of benzene rings is 2. The van der Waals surface area contributed by atoms with Crippen LogP contribution in [-0.4, -0.2) is 37.3 Å². The molecule has 30 heavy (non-hydrogen) atoms. The highest BCUT2D eigenvalue weighted by atomic mass is 16.5. The molecule has 0 radical (unpaired) electrons. The Morgan fingerprint density at radius 2 is 1.73 bits per heavy atom. The average Bonchev–Trinajstić information content (AvgIpc) is 2.79. The van der Waals surface area contributed by atoms with Crippen LogP contribution >= 0.6 is 0 Å². The van der Waals surface area contributed by atoms with E-state index in [9.17, 15) is 5.26 Å². The van der Waals surface area contributed by atoms with Gasteiger partial charge in [0.05, 0.1) is 31.4 Å². The Kier molecular flexibility index (Phi) is 5.57. The van der Waals surface area contributed by atoms with E-state index < -0.39 is 0 Å². The van der Waals surface area contributed by atoms with E-state index in [2.05, 4.69) is 16.3 Å². The van der Waals surface area contributed by atoms with Gasteiger partial charge in [0, 0.05) is 30.2 Å². The molecule has 0 spiro atoms. The van der Waals surface area contributed by atoms with Crippen molar-refractivity contribution in [3.05, 3.63) is 41.5 Å². The number of nitriles is 1. The van der Waals surface area contributed by atoms with Gasteiger partial charge in [-0.25, -0.2) is 4.98 Å². The van der Waals surface area contributed by atoms with E-state index in [0.29, 0.717) is 23.0 Å². The summed E-state index contributed by atoms with van der Waals surface area (Å²) in [5, 5.41) is 13.5. The molecular weight excluding hydrogens is 378 g/mol. The molecule has 0 amide bonds. The fourth-order valence-corrected chi connectivity index (χ4v) is 3.79. The molecule has 1 aromatic heterocycles. The number of hydrogen-bond donors (Lipinski definition) is 1. The number of anilines is 3. The van der Waals surface area contributed by atoms with Crippen LogP contribution in [-0.2, 0) is 0 Å². The smallest absolute Gasteiger partial charge is 0.229 e. The maximum Gasteiger partial charge on any atom is 0.229 e. The summed E-state index contributed by atoms with van der Waals surface area (Å²) in [4.78, 5) is 11.9. The van der Waals surface area contributed by atoms with Crippen molar-refractivity contribution in [2.45, 2.75) is 26.2 Å². The first-order chi connectivity index (χ1) is 14.6. The number of methoxy groups -OCH3 is 2. The highest BCUT2D eigenvalue weighted by molar-refractivity contribution is 5.93. The standard InChI is InChI=1S/C23H25N5O2/c1-15-7-8-17(11-16(15)14-24)25-23-26-19-13-21(30-3)20(29-2)12-18(19)22(27-23)28-9-5-4-6-10-28/h7-8,11-13H,4-6,9-10H2,1-3H3,(H,25,26,27). The van der Waals surface area contributed by atoms with E-state index in [-0.39, 0.29) is 0 Å². The number of fused-ring (bicyclic) bond motifs is 1. The number of ether oxygens (including phenoxy) is 2. The second kappa shape index (κ2) is 8.46. The molecule has 1 fully saturated rings. The number of aromatic nitrogens is 2. The average molecular weight is 403 g/mol. The van der Waals surface area contributed by atoms with E-state index in [1.165, 1.54) is 6.42 Å². The molecule has 3 aromatic rings. The molecule has 2 heterocycles. The summed E-state index contributed by atoms with van der Waals surface area (Å²) in [6, 6.07) is 11.7. The molecule has 1 aliphatic rings. The van der Waals surface area contributed by atoms with Gasteiger partial charge in [0.2, 0.25) is 5.95 Å². The topological polar surface area (TPSA) is 83.3 Å². The van der Waals surface area contributed by atoms with Crippen molar-refractivity contribution in [2.75, 3.05) is 37.5 Å². The minimum absolute atomic E-state index is 0.489. The minimum Gasteiger partial charge on any atom is -0.493 e. The second-order valence-corrected chi connectivity index (χ2v) is 7.41. The third kappa shape index (κ3) is 3.81. The summed E-state index contributed by atoms with van der Waals surface area (Å²) in [5.74, 6) is 2.66. The molecule has 0 bridgehead atoms. The predicted octanol–water partition coefficient (Wildman–Crippen LogP) is 4.56. The number of nitrogens with one attached hydrogen (secondary N) is 1. The highest BCUT2D eigenvalue weighted by Gasteiger charge is 2.19. The molecule has 0 atom stereocenters. The van der Waals surface area contributed by atoms with Gasteiger partial charge in [-0.05, 0) is 49.9 Å². The van der Waals surface area contributed by atoms with Crippen LogP contribution in [0.2, 0.25) is 0 Å². The zero-order valence-electron chi connectivity index (χ0n) is 17.5. The van der Waals surface area contributed by atoms with E-state index in [1.54, 1.807) is 14.2 Å². The molecule has 2 aromatic carbocycles. The first-order valence-electron chi connectivity index (χ1n) is 10.1. The summed E-state index contributed by atoms with van der Waals surface area (Å²) >= 11 is 0. The normalized spacial score (nSPS) is 13.7. The van der Waals surface area contributed by atoms with E-state index in [4.69, 9.17) is 19.4 Å². The van der Waals surface area contributed by atoms with Crippen molar-refractivity contribution in [1.82, 2.24) is 9.97 Å². The zero-order chi connectivity index (χ0) is 21.1. The molecule has 0 aliphatic carbocycles. The number of nitrogens with zero attached hydrogens (tertiary/aromatic N) is 4. The largest absolute Gasteiger partial charge is 0.493 e. The fourth-order valence-electron chi connectivity index (χ4n) is 3.79. The Labute approximate surface area is 176 Å². The molecule has 7 nitrogen and oxygen atoms in total. The molecular formula is C23H25N5O2. The summed E-state index contributed by atoms with van der Waals surface area (Å²) in [5.41, 5.74) is 3.12. The van der Waals surface area contributed by atoms with Gasteiger partial charge in [-0.15, -0.1) is 0 Å². The lowest BCUT2D eigenvalue weighted by Crippen LogP contribution is -2.30. The van der Waals surface area contributed by atoms with Crippen LogP contribution in [0, 0.1) is 18.3 Å². The third-order valence-corrected chi connectivity index (χ3v) is 5.45. The Morgan fingerprint density at radius 1 is 1.00 bits per heavy atom. The minimum atomic E-state index is 0.489. The van der Waals surface area contributed by atoms with Crippen LogP contribution in [0.4, 0.5) is 17.5 Å². The van der Waals surface area contributed by atoms with Crippen molar-refractivity contribution in [2.24, 2.45) is 0 Å². The Bertz CT molecular complexity index is 1120. The van der Waals surface area contributed by atoms with E-state index >= 15 is 0 Å². The molecule has 1 saturated heterocycles. The van der Waals surface area contributed by atoms with Crippen LogP contribution in [0.15, 0.2) is 30.3 Å². The number of aryl methyl sites for hydroxylation is 1. The van der Waals surface area contributed by atoms with Crippen molar-refractivity contribution in [1.29, 1.82) is 5.26 Å². The van der Waals surface area contributed by atoms with Crippen molar-refractivity contribution >= 4 is 28.4 Å². The van der Waals surface area contributed by atoms with Gasteiger partial charge in [0.15, 0.2) is 11.5 Å². The molecule has 1 aliphatic heterocycles. The Balaban J connectivity index is 1.82. The molecule has 0 unspecified atom stereocenters. The predicted molar refractivity (Wildman–Crippen MR) is 118 cm³/mol. The van der Waals surface area contributed by atoms with Gasteiger partial charge >= 0.3 is 0 Å². The van der Waals surface area contributed by atoms with E-state index in [0.717, 1.165) is 53.9 Å². The Morgan fingerprint density at radius 3 is 2.43 bits per heavy atom. The summed E-state index contributed by atoms with van der Waals surface area (Å²) < 4.78 is 11.0. The SMILES string of the molecule is COc1cc2nc(Nc3ccc(C)c(C#N)c3)nc(N3CCCCC3)c2cc1OC. The summed E-state index contributed by atoms with van der Waals surface area (Å²) in [6.07, 6.45) is 3.53. The third-order valence-electron chi connectivity index (χ3n) is 5.45. The maximum absolute atomic E-state index is 9.33. The second-order valence-electron chi connectivity index (χ2n) is 7.41. The summed E-state index contributed by atoms with van der Waals surface area (Å²) in [7, 11) is 3.25. The Hall–Kier alpha value is -3.53. The number of hydrogen-bond acceptors (Lipinski definition) is 7. The lowest BCUT2D eigenvalue weighted by molar-refractivity contribution is 0.356. The number of rotatable bonds is 5. The fraction of sp³-hybridized carbons (Fsp3) is 0.348. The first-order valence-corrected chi connectivity index (χ1v) is 10.1. The monoisotopic (exact) mass is 403 g/mol. The van der Waals surface area contributed by atoms with Crippen LogP contribution < -0.4 is 19.7 Å². The van der Waals surface area contributed by atoms with Crippen LogP contribution in [0.1, 0.15) is 30.4 Å². The van der Waals surface area contributed by atoms with Gasteiger partial charge in [-0.2, -0.15) is 10.2 Å². The van der Waals surface area contributed by atoms with Crippen molar-refractivity contribution < 1.29 is 9.47 Å². The lowest BCUT2D eigenvalue weighted by atomic mass is 10.1. The van der Waals surface area contributed by atoms with Crippen LogP contribution in [0.25, 0.3) is 10.9 Å². The van der Waals surface area contributed by atoms with Gasteiger partial charge in [0.1, 0.15) is 5.82 Å². The lowest BCUT2D eigenvalue weighted by Gasteiger charge is -2.29. The first kappa shape index (κ1) is 19.8. The van der Waals surface area contributed by atoms with Gasteiger partial charge in [-0.3, -0.25) is 0 Å². The van der Waals surface area contributed by atoms with Crippen molar-refractivity contribution in [3.63, 3.8) is 0 Å². The van der Waals surface area contributed by atoms with Gasteiger partial charge in [0.25, 0.3) is 0 Å². The van der Waals surface area contributed by atoms with Gasteiger partial charge < -0.3 is 19.7 Å². The molecule has 4 rings (SSSR count). The molecule has 1 N–H and O–H groups in total. The zero-order valence-corrected chi connectivity index (χ0v) is 17.5. The molecule has 7 heteroatoms. The van der Waals surface area contributed by atoms with E-state index in [1.807, 2.05) is 37.3 Å². The van der Waals surface area contributed by atoms with Crippen molar-refractivity contribution in [3.8, 4) is 17.6 Å². The maximum atomic E-state index is 9.33.